The fraction of sp³-hybridized carbons (Fsp3) is 0.300. The van der Waals surface area contributed by atoms with Gasteiger partial charge in [0.05, 0.1) is 0 Å². The minimum absolute atomic E-state index is 0. The van der Waals surface area contributed by atoms with Crippen molar-refractivity contribution in [2.75, 3.05) is 27.7 Å². The van der Waals surface area contributed by atoms with Crippen molar-refractivity contribution in [1.29, 1.82) is 0 Å². The van der Waals surface area contributed by atoms with Crippen LogP contribution in [0.25, 0.3) is 0 Å². The minimum Gasteiger partial charge on any atom is -0.356 e. The summed E-state index contributed by atoms with van der Waals surface area (Å²) in [5, 5.41) is 7.33. The maximum atomic E-state index is 11.9. The van der Waals surface area contributed by atoms with Crippen LogP contribution >= 0.6 is 35.6 Å². The van der Waals surface area contributed by atoms with Gasteiger partial charge in [0.15, 0.2) is 5.96 Å². The van der Waals surface area contributed by atoms with E-state index in [9.17, 15) is 4.79 Å². The Kier molecular flexibility index (Phi) is 10.2. The second-order valence-corrected chi connectivity index (χ2v) is 6.50. The fourth-order valence-corrected chi connectivity index (χ4v) is 2.68. The summed E-state index contributed by atoms with van der Waals surface area (Å²) >= 11 is 6.17. The molecular formula is C20H26ClIN4O. The van der Waals surface area contributed by atoms with Crippen molar-refractivity contribution < 1.29 is 4.79 Å². The number of nitrogens with zero attached hydrogens (tertiary/aromatic N) is 2. The molecule has 2 N–H and O–H groups in total. The zero-order valence-electron chi connectivity index (χ0n) is 15.8. The van der Waals surface area contributed by atoms with E-state index in [1.807, 2.05) is 48.5 Å². The third-order valence-corrected chi connectivity index (χ3v) is 4.30. The molecule has 0 saturated heterocycles. The van der Waals surface area contributed by atoms with Crippen molar-refractivity contribution in [3.05, 3.63) is 70.2 Å². The van der Waals surface area contributed by atoms with Crippen LogP contribution in [-0.2, 0) is 13.0 Å². The van der Waals surface area contributed by atoms with Crippen LogP contribution in [0.15, 0.2) is 53.5 Å². The van der Waals surface area contributed by atoms with Crippen LogP contribution in [0.3, 0.4) is 0 Å². The summed E-state index contributed by atoms with van der Waals surface area (Å²) in [7, 11) is 5.23. The summed E-state index contributed by atoms with van der Waals surface area (Å²) in [5.74, 6) is 0.729. The van der Waals surface area contributed by atoms with E-state index in [0.29, 0.717) is 12.1 Å². The van der Waals surface area contributed by atoms with Crippen LogP contribution in [0.4, 0.5) is 0 Å². The first-order valence-electron chi connectivity index (χ1n) is 8.49. The zero-order valence-corrected chi connectivity index (χ0v) is 18.9. The van der Waals surface area contributed by atoms with Gasteiger partial charge in [0.1, 0.15) is 0 Å². The van der Waals surface area contributed by atoms with Gasteiger partial charge >= 0.3 is 0 Å². The topological polar surface area (TPSA) is 56.7 Å². The van der Waals surface area contributed by atoms with E-state index in [-0.39, 0.29) is 29.9 Å². The number of aliphatic imine (C=N–C) groups is 1. The van der Waals surface area contributed by atoms with Crippen LogP contribution in [-0.4, -0.2) is 44.5 Å². The highest BCUT2D eigenvalue weighted by Crippen LogP contribution is 2.14. The van der Waals surface area contributed by atoms with Crippen molar-refractivity contribution in [3.8, 4) is 0 Å². The van der Waals surface area contributed by atoms with Gasteiger partial charge in [-0.1, -0.05) is 41.9 Å². The molecule has 0 aliphatic carbocycles. The maximum absolute atomic E-state index is 11.9. The lowest BCUT2D eigenvalue weighted by atomic mass is 10.1. The van der Waals surface area contributed by atoms with E-state index in [2.05, 4.69) is 15.6 Å². The van der Waals surface area contributed by atoms with Gasteiger partial charge in [0, 0.05) is 44.8 Å². The third kappa shape index (κ3) is 7.38. The number of hydrogen-bond donors (Lipinski definition) is 2. The van der Waals surface area contributed by atoms with Crippen LogP contribution in [0, 0.1) is 0 Å². The van der Waals surface area contributed by atoms with Crippen LogP contribution in [0.5, 0.6) is 0 Å². The molecule has 0 unspecified atom stereocenters. The van der Waals surface area contributed by atoms with Crippen LogP contribution in [0.2, 0.25) is 5.02 Å². The first-order valence-corrected chi connectivity index (χ1v) is 8.87. The van der Waals surface area contributed by atoms with E-state index < -0.39 is 0 Å². The van der Waals surface area contributed by atoms with Crippen molar-refractivity contribution in [1.82, 2.24) is 15.5 Å². The quantitative estimate of drug-likeness (QED) is 0.362. The smallest absolute Gasteiger partial charge is 0.253 e. The molecule has 5 nitrogen and oxygen atoms in total. The highest BCUT2D eigenvalue weighted by molar-refractivity contribution is 14.0. The number of hydrogen-bond acceptors (Lipinski definition) is 2. The average Bonchev–Trinajstić information content (AvgIpc) is 2.65. The predicted octanol–water partition coefficient (Wildman–Crippen LogP) is 3.57. The van der Waals surface area contributed by atoms with Gasteiger partial charge in [0.25, 0.3) is 5.91 Å². The predicted molar refractivity (Wildman–Crippen MR) is 123 cm³/mol. The Morgan fingerprint density at radius 1 is 1.07 bits per heavy atom. The Balaban J connectivity index is 0.00000364. The van der Waals surface area contributed by atoms with E-state index in [0.717, 1.165) is 35.1 Å². The van der Waals surface area contributed by atoms with Gasteiger partial charge < -0.3 is 15.5 Å². The molecule has 0 aliphatic heterocycles. The zero-order chi connectivity index (χ0) is 18.9. The SMILES string of the molecule is CN=C(NCCc1ccccc1Cl)NCc1ccc(C(=O)N(C)C)cc1.I. The number of carbonyl (C=O) groups excluding carboxylic acids is 1. The molecule has 0 radical (unpaired) electrons. The summed E-state index contributed by atoms with van der Waals surface area (Å²) < 4.78 is 0. The molecule has 2 aromatic rings. The molecule has 0 aromatic heterocycles. The Bertz CT molecular complexity index is 763. The number of halogens is 2. The molecule has 7 heteroatoms. The lowest BCUT2D eigenvalue weighted by Gasteiger charge is -2.13. The van der Waals surface area contributed by atoms with Gasteiger partial charge in [-0.15, -0.1) is 24.0 Å². The number of rotatable bonds is 6. The molecule has 2 rings (SSSR count). The van der Waals surface area contributed by atoms with Gasteiger partial charge in [-0.05, 0) is 35.7 Å². The van der Waals surface area contributed by atoms with Crippen molar-refractivity contribution in [2.24, 2.45) is 4.99 Å². The number of amides is 1. The van der Waals surface area contributed by atoms with Crippen molar-refractivity contribution in [2.45, 2.75) is 13.0 Å². The van der Waals surface area contributed by atoms with Crippen molar-refractivity contribution in [3.63, 3.8) is 0 Å². The molecule has 0 saturated carbocycles. The normalized spacial score (nSPS) is 10.7. The van der Waals surface area contributed by atoms with Gasteiger partial charge in [-0.3, -0.25) is 9.79 Å². The molecule has 146 valence electrons. The largest absolute Gasteiger partial charge is 0.356 e. The average molecular weight is 501 g/mol. The van der Waals surface area contributed by atoms with E-state index in [1.165, 1.54) is 0 Å². The second kappa shape index (κ2) is 11.8. The molecule has 0 spiro atoms. The lowest BCUT2D eigenvalue weighted by Crippen LogP contribution is -2.37. The summed E-state index contributed by atoms with van der Waals surface area (Å²) in [6.45, 7) is 1.36. The molecule has 0 fully saturated rings. The molecular weight excluding hydrogens is 475 g/mol. The highest BCUT2D eigenvalue weighted by atomic mass is 127. The molecule has 0 aliphatic rings. The fourth-order valence-electron chi connectivity index (χ4n) is 2.45. The minimum atomic E-state index is 0. The first-order chi connectivity index (χ1) is 12.5. The summed E-state index contributed by atoms with van der Waals surface area (Å²) in [6.07, 6.45) is 0.821. The van der Waals surface area contributed by atoms with Crippen molar-refractivity contribution >= 4 is 47.4 Å². The Labute approximate surface area is 183 Å². The van der Waals surface area contributed by atoms with E-state index >= 15 is 0 Å². The molecule has 1 amide bonds. The molecule has 0 heterocycles. The molecule has 0 bridgehead atoms. The lowest BCUT2D eigenvalue weighted by molar-refractivity contribution is 0.0827. The monoisotopic (exact) mass is 500 g/mol. The Hall–Kier alpha value is -1.80. The second-order valence-electron chi connectivity index (χ2n) is 6.09. The number of nitrogens with one attached hydrogen (secondary N) is 2. The number of benzene rings is 2. The van der Waals surface area contributed by atoms with Gasteiger partial charge in [-0.25, -0.2) is 0 Å². The Morgan fingerprint density at radius 3 is 2.33 bits per heavy atom. The molecule has 2 aromatic carbocycles. The van der Waals surface area contributed by atoms with Crippen LogP contribution < -0.4 is 10.6 Å². The summed E-state index contributed by atoms with van der Waals surface area (Å²) in [6, 6.07) is 15.4. The number of guanidine groups is 1. The first kappa shape index (κ1) is 23.2. The number of carbonyl (C=O) groups is 1. The molecule has 0 atom stereocenters. The summed E-state index contributed by atoms with van der Waals surface area (Å²) in [5.41, 5.74) is 2.87. The van der Waals surface area contributed by atoms with E-state index in [4.69, 9.17) is 11.6 Å². The maximum Gasteiger partial charge on any atom is 0.253 e. The molecule has 27 heavy (non-hydrogen) atoms. The highest BCUT2D eigenvalue weighted by Gasteiger charge is 2.07. The standard InChI is InChI=1S/C20H25ClN4O.HI/c1-22-20(23-13-12-16-6-4-5-7-18(16)21)24-14-15-8-10-17(11-9-15)19(26)25(2)3;/h4-11H,12-14H2,1-3H3,(H2,22,23,24);1H. The third-order valence-electron chi connectivity index (χ3n) is 3.94. The summed E-state index contributed by atoms with van der Waals surface area (Å²) in [4.78, 5) is 17.7. The Morgan fingerprint density at radius 2 is 1.74 bits per heavy atom. The van der Waals surface area contributed by atoms with E-state index in [1.54, 1.807) is 26.0 Å². The van der Waals surface area contributed by atoms with Gasteiger partial charge in [-0.2, -0.15) is 0 Å². The van der Waals surface area contributed by atoms with Crippen LogP contribution in [0.1, 0.15) is 21.5 Å². The van der Waals surface area contributed by atoms with Gasteiger partial charge in [0.2, 0.25) is 0 Å².